The Balaban J connectivity index is 2.06. The predicted octanol–water partition coefficient (Wildman–Crippen LogP) is 4.81. The van der Waals surface area contributed by atoms with Crippen molar-refractivity contribution in [2.75, 3.05) is 0 Å². The second kappa shape index (κ2) is 6.62. The van der Waals surface area contributed by atoms with Crippen molar-refractivity contribution in [3.05, 3.63) is 70.2 Å². The first-order valence-electron chi connectivity index (χ1n) is 6.10. The molecule has 0 fully saturated rings. The molecule has 2 rings (SSSR count). The highest BCUT2D eigenvalue weighted by Crippen LogP contribution is 2.29. The minimum atomic E-state index is -4.38. The monoisotopic (exact) mass is 332 g/mol. The van der Waals surface area contributed by atoms with Crippen LogP contribution >= 0.6 is 11.6 Å². The Bertz CT molecular complexity index is 655. The van der Waals surface area contributed by atoms with E-state index < -0.39 is 22.5 Å². The van der Waals surface area contributed by atoms with Gasteiger partial charge in [0.1, 0.15) is 0 Å². The van der Waals surface area contributed by atoms with Gasteiger partial charge < -0.3 is 0 Å². The van der Waals surface area contributed by atoms with E-state index in [4.69, 9.17) is 11.6 Å². The molecule has 0 bridgehead atoms. The molecule has 0 aliphatic heterocycles. The van der Waals surface area contributed by atoms with Crippen molar-refractivity contribution < 1.29 is 17.4 Å². The molecule has 0 saturated carbocycles. The molecule has 6 heteroatoms. The fraction of sp³-hybridized carbons (Fsp3) is 0.200. The molecule has 0 aliphatic rings. The summed E-state index contributed by atoms with van der Waals surface area (Å²) < 4.78 is 49.9. The van der Waals surface area contributed by atoms with Gasteiger partial charge in [0.15, 0.2) is 0 Å². The first kappa shape index (κ1) is 16.0. The number of hydrogen-bond donors (Lipinski definition) is 0. The zero-order valence-corrected chi connectivity index (χ0v) is 12.4. The van der Waals surface area contributed by atoms with Crippen molar-refractivity contribution in [2.24, 2.45) is 0 Å². The molecule has 0 aliphatic carbocycles. The van der Waals surface area contributed by atoms with Crippen molar-refractivity contribution >= 4 is 22.4 Å². The largest absolute Gasteiger partial charge is 0.416 e. The molecule has 0 aromatic heterocycles. The van der Waals surface area contributed by atoms with Gasteiger partial charge in [0, 0.05) is 27.3 Å². The predicted molar refractivity (Wildman–Crippen MR) is 78.4 cm³/mol. The maximum atomic E-state index is 12.6. The van der Waals surface area contributed by atoms with Gasteiger partial charge in [-0.05, 0) is 29.3 Å². The summed E-state index contributed by atoms with van der Waals surface area (Å²) in [6.45, 7) is 0. The molecule has 21 heavy (non-hydrogen) atoms. The highest BCUT2D eigenvalue weighted by molar-refractivity contribution is 7.83. The summed E-state index contributed by atoms with van der Waals surface area (Å²) in [7, 11) is -1.29. The maximum absolute atomic E-state index is 12.6. The topological polar surface area (TPSA) is 17.1 Å². The van der Waals surface area contributed by atoms with Crippen LogP contribution in [-0.4, -0.2) is 4.21 Å². The number of hydrogen-bond acceptors (Lipinski definition) is 1. The van der Waals surface area contributed by atoms with Crippen LogP contribution < -0.4 is 0 Å². The Kier molecular flexibility index (Phi) is 5.06. The van der Waals surface area contributed by atoms with Gasteiger partial charge in [-0.1, -0.05) is 41.9 Å². The van der Waals surface area contributed by atoms with Crippen LogP contribution in [0.25, 0.3) is 0 Å². The molecule has 2 aromatic carbocycles. The maximum Gasteiger partial charge on any atom is 0.416 e. The Morgan fingerprint density at radius 3 is 2.10 bits per heavy atom. The lowest BCUT2D eigenvalue weighted by Crippen LogP contribution is -2.06. The summed E-state index contributed by atoms with van der Waals surface area (Å²) in [4.78, 5) is 0. The fourth-order valence-corrected chi connectivity index (χ4v) is 3.30. The molecule has 0 N–H and O–H groups in total. The minimum Gasteiger partial charge on any atom is -0.259 e. The molecule has 0 unspecified atom stereocenters. The third kappa shape index (κ3) is 4.86. The molecule has 0 amide bonds. The minimum absolute atomic E-state index is 0.0798. The summed E-state index contributed by atoms with van der Waals surface area (Å²) in [6.07, 6.45) is -4.38. The molecule has 0 saturated heterocycles. The van der Waals surface area contributed by atoms with Crippen molar-refractivity contribution in [3.63, 3.8) is 0 Å². The quantitative estimate of drug-likeness (QED) is 0.785. The van der Waals surface area contributed by atoms with Gasteiger partial charge in [-0.3, -0.25) is 4.21 Å². The van der Waals surface area contributed by atoms with E-state index >= 15 is 0 Å². The lowest BCUT2D eigenvalue weighted by atomic mass is 10.1. The van der Waals surface area contributed by atoms with Gasteiger partial charge in [0.2, 0.25) is 0 Å². The van der Waals surface area contributed by atoms with Crippen molar-refractivity contribution in [2.45, 2.75) is 17.7 Å². The van der Waals surface area contributed by atoms with Gasteiger partial charge in [0.25, 0.3) is 0 Å². The molecular formula is C15H12ClF3OS. The van der Waals surface area contributed by atoms with Crippen LogP contribution in [0, 0.1) is 0 Å². The fourth-order valence-electron chi connectivity index (χ4n) is 1.89. The first-order chi connectivity index (χ1) is 9.84. The van der Waals surface area contributed by atoms with Gasteiger partial charge in [-0.15, -0.1) is 0 Å². The van der Waals surface area contributed by atoms with Gasteiger partial charge in [0.05, 0.1) is 5.56 Å². The zero-order valence-electron chi connectivity index (χ0n) is 10.9. The van der Waals surface area contributed by atoms with E-state index in [1.165, 1.54) is 6.07 Å². The van der Waals surface area contributed by atoms with Crippen LogP contribution in [0.1, 0.15) is 16.7 Å². The summed E-state index contributed by atoms with van der Waals surface area (Å²) in [5, 5.41) is 0.545. The zero-order chi connectivity index (χ0) is 15.5. The van der Waals surface area contributed by atoms with E-state index in [2.05, 4.69) is 0 Å². The lowest BCUT2D eigenvalue weighted by Gasteiger charge is -2.09. The molecule has 0 radical (unpaired) electrons. The van der Waals surface area contributed by atoms with Crippen LogP contribution in [0.2, 0.25) is 5.02 Å². The summed E-state index contributed by atoms with van der Waals surface area (Å²) in [5.41, 5.74) is 0.484. The van der Waals surface area contributed by atoms with Gasteiger partial charge in [-0.2, -0.15) is 13.2 Å². The summed E-state index contributed by atoms with van der Waals surface area (Å²) in [6, 6.07) is 11.9. The van der Waals surface area contributed by atoms with Crippen molar-refractivity contribution in [1.29, 1.82) is 0 Å². The van der Waals surface area contributed by atoms with Gasteiger partial charge in [-0.25, -0.2) is 0 Å². The highest BCUT2D eigenvalue weighted by Gasteiger charge is 2.30. The number of rotatable bonds is 4. The second-order valence-electron chi connectivity index (χ2n) is 4.56. The third-order valence-electron chi connectivity index (χ3n) is 2.80. The van der Waals surface area contributed by atoms with E-state index in [9.17, 15) is 17.4 Å². The van der Waals surface area contributed by atoms with Crippen LogP contribution in [0.4, 0.5) is 13.2 Å². The van der Waals surface area contributed by atoms with E-state index in [-0.39, 0.29) is 11.5 Å². The highest BCUT2D eigenvalue weighted by atomic mass is 35.5. The van der Waals surface area contributed by atoms with E-state index in [1.54, 1.807) is 30.3 Å². The SMILES string of the molecule is O=[S@](Cc1cccc(Cl)c1)Cc1cccc(C(F)(F)F)c1. The van der Waals surface area contributed by atoms with Crippen molar-refractivity contribution in [3.8, 4) is 0 Å². The van der Waals surface area contributed by atoms with Crippen molar-refractivity contribution in [1.82, 2.24) is 0 Å². The Morgan fingerprint density at radius 2 is 1.52 bits per heavy atom. The van der Waals surface area contributed by atoms with E-state index in [0.29, 0.717) is 10.6 Å². The molecule has 0 spiro atoms. The van der Waals surface area contributed by atoms with Crippen LogP contribution in [-0.2, 0) is 28.5 Å². The Labute approximate surface area is 128 Å². The number of halogens is 4. The average Bonchev–Trinajstić information content (AvgIpc) is 2.37. The average molecular weight is 333 g/mol. The molecule has 0 heterocycles. The number of alkyl halides is 3. The van der Waals surface area contributed by atoms with Crippen LogP contribution in [0.3, 0.4) is 0 Å². The molecule has 112 valence electrons. The van der Waals surface area contributed by atoms with E-state index in [0.717, 1.165) is 17.7 Å². The Morgan fingerprint density at radius 1 is 0.952 bits per heavy atom. The van der Waals surface area contributed by atoms with Crippen LogP contribution in [0.15, 0.2) is 48.5 Å². The standard InChI is InChI=1S/C15H12ClF3OS/c16-14-6-2-4-12(8-14)10-21(20)9-11-3-1-5-13(7-11)15(17,18)19/h1-8H,9-10H2/t21-/m0/s1. The molecular weight excluding hydrogens is 321 g/mol. The Hall–Kier alpha value is -1.33. The molecule has 1 atom stereocenters. The molecule has 1 nitrogen and oxygen atoms in total. The van der Waals surface area contributed by atoms with E-state index in [1.807, 2.05) is 0 Å². The van der Waals surface area contributed by atoms with Gasteiger partial charge >= 0.3 is 6.18 Å². The lowest BCUT2D eigenvalue weighted by molar-refractivity contribution is -0.137. The first-order valence-corrected chi connectivity index (χ1v) is 7.97. The molecule has 2 aromatic rings. The smallest absolute Gasteiger partial charge is 0.259 e. The second-order valence-corrected chi connectivity index (χ2v) is 6.45. The summed E-state index contributed by atoms with van der Waals surface area (Å²) in [5.74, 6) is 0.341. The number of benzene rings is 2. The summed E-state index contributed by atoms with van der Waals surface area (Å²) >= 11 is 5.84. The normalized spacial score (nSPS) is 13.1. The third-order valence-corrected chi connectivity index (χ3v) is 4.34. The van der Waals surface area contributed by atoms with Crippen LogP contribution in [0.5, 0.6) is 0 Å².